The minimum Gasteiger partial charge on any atom is -0.352 e. The van der Waals surface area contributed by atoms with Gasteiger partial charge in [-0.05, 0) is 29.3 Å². The van der Waals surface area contributed by atoms with E-state index in [1.165, 1.54) is 0 Å². The van der Waals surface area contributed by atoms with Crippen LogP contribution in [0.3, 0.4) is 0 Å². The van der Waals surface area contributed by atoms with Crippen LogP contribution >= 0.6 is 15.9 Å². The van der Waals surface area contributed by atoms with E-state index in [-0.39, 0.29) is 5.91 Å². The monoisotopic (exact) mass is 304 g/mol. The lowest BCUT2D eigenvalue weighted by Crippen LogP contribution is -2.24. The molecule has 0 aliphatic heterocycles. The van der Waals surface area contributed by atoms with Crippen molar-refractivity contribution in [2.45, 2.75) is 13.0 Å². The SMILES string of the molecule is O=C(Cc1ccc(Br)cc1)NCc1cccnc1. The summed E-state index contributed by atoms with van der Waals surface area (Å²) in [5.74, 6) is 0.0150. The van der Waals surface area contributed by atoms with Gasteiger partial charge in [0.25, 0.3) is 0 Å². The van der Waals surface area contributed by atoms with E-state index < -0.39 is 0 Å². The van der Waals surface area contributed by atoms with Crippen molar-refractivity contribution < 1.29 is 4.79 Å². The van der Waals surface area contributed by atoms with Crippen LogP contribution in [0.5, 0.6) is 0 Å². The topological polar surface area (TPSA) is 42.0 Å². The molecule has 3 nitrogen and oxygen atoms in total. The highest BCUT2D eigenvalue weighted by Crippen LogP contribution is 2.10. The molecule has 0 fully saturated rings. The van der Waals surface area contributed by atoms with Crippen molar-refractivity contribution in [1.82, 2.24) is 10.3 Å². The van der Waals surface area contributed by atoms with Crippen molar-refractivity contribution in [3.05, 3.63) is 64.4 Å². The van der Waals surface area contributed by atoms with Gasteiger partial charge in [-0.1, -0.05) is 34.1 Å². The van der Waals surface area contributed by atoms with E-state index in [2.05, 4.69) is 26.2 Å². The van der Waals surface area contributed by atoms with Gasteiger partial charge in [-0.2, -0.15) is 0 Å². The Morgan fingerprint density at radius 2 is 1.94 bits per heavy atom. The molecular weight excluding hydrogens is 292 g/mol. The lowest BCUT2D eigenvalue weighted by molar-refractivity contribution is -0.120. The molecule has 0 aliphatic carbocycles. The van der Waals surface area contributed by atoms with Crippen LogP contribution in [0, 0.1) is 0 Å². The second kappa shape index (κ2) is 6.31. The zero-order chi connectivity index (χ0) is 12.8. The molecule has 92 valence electrons. The maximum Gasteiger partial charge on any atom is 0.224 e. The molecule has 0 spiro atoms. The van der Waals surface area contributed by atoms with Crippen molar-refractivity contribution >= 4 is 21.8 Å². The van der Waals surface area contributed by atoms with Gasteiger partial charge in [0.15, 0.2) is 0 Å². The van der Waals surface area contributed by atoms with Crippen LogP contribution in [-0.4, -0.2) is 10.9 Å². The molecule has 0 radical (unpaired) electrons. The summed E-state index contributed by atoms with van der Waals surface area (Å²) in [4.78, 5) is 15.7. The molecule has 1 N–H and O–H groups in total. The van der Waals surface area contributed by atoms with Crippen molar-refractivity contribution in [2.24, 2.45) is 0 Å². The first-order valence-electron chi connectivity index (χ1n) is 5.64. The van der Waals surface area contributed by atoms with Gasteiger partial charge < -0.3 is 5.32 Å². The molecule has 1 heterocycles. The van der Waals surface area contributed by atoms with Crippen LogP contribution in [0.25, 0.3) is 0 Å². The van der Waals surface area contributed by atoms with Gasteiger partial charge in [0.1, 0.15) is 0 Å². The Balaban J connectivity index is 1.84. The molecule has 0 saturated carbocycles. The van der Waals surface area contributed by atoms with Crippen molar-refractivity contribution in [3.63, 3.8) is 0 Å². The van der Waals surface area contributed by atoms with E-state index in [0.717, 1.165) is 15.6 Å². The Hall–Kier alpha value is -1.68. The summed E-state index contributed by atoms with van der Waals surface area (Å²) < 4.78 is 1.02. The Bertz CT molecular complexity index is 511. The van der Waals surface area contributed by atoms with Gasteiger partial charge >= 0.3 is 0 Å². The van der Waals surface area contributed by atoms with E-state index >= 15 is 0 Å². The van der Waals surface area contributed by atoms with Crippen LogP contribution in [-0.2, 0) is 17.8 Å². The molecule has 1 aromatic carbocycles. The van der Waals surface area contributed by atoms with Crippen molar-refractivity contribution in [3.8, 4) is 0 Å². The summed E-state index contributed by atoms with van der Waals surface area (Å²) >= 11 is 3.37. The number of hydrogen-bond donors (Lipinski definition) is 1. The third kappa shape index (κ3) is 3.96. The fraction of sp³-hybridized carbons (Fsp3) is 0.143. The minimum atomic E-state index is 0.0150. The first-order chi connectivity index (χ1) is 8.74. The van der Waals surface area contributed by atoms with Gasteiger partial charge in [-0.15, -0.1) is 0 Å². The summed E-state index contributed by atoms with van der Waals surface area (Å²) in [5.41, 5.74) is 2.00. The van der Waals surface area contributed by atoms with Crippen LogP contribution in [0.15, 0.2) is 53.3 Å². The van der Waals surface area contributed by atoms with E-state index in [4.69, 9.17) is 0 Å². The average Bonchev–Trinajstić information content (AvgIpc) is 2.40. The predicted molar refractivity (Wildman–Crippen MR) is 73.9 cm³/mol. The number of carbonyl (C=O) groups is 1. The fourth-order valence-corrected chi connectivity index (χ4v) is 1.82. The van der Waals surface area contributed by atoms with Crippen LogP contribution in [0.2, 0.25) is 0 Å². The van der Waals surface area contributed by atoms with Crippen LogP contribution in [0.4, 0.5) is 0 Å². The fourth-order valence-electron chi connectivity index (χ4n) is 1.55. The normalized spacial score (nSPS) is 10.1. The number of rotatable bonds is 4. The van der Waals surface area contributed by atoms with Crippen molar-refractivity contribution in [1.29, 1.82) is 0 Å². The summed E-state index contributed by atoms with van der Waals surface area (Å²) in [6.07, 6.45) is 3.86. The van der Waals surface area contributed by atoms with E-state index in [1.807, 2.05) is 36.4 Å². The second-order valence-corrected chi connectivity index (χ2v) is 4.86. The molecule has 18 heavy (non-hydrogen) atoms. The maximum absolute atomic E-state index is 11.7. The standard InChI is InChI=1S/C14H13BrN2O/c15-13-5-3-11(4-6-13)8-14(18)17-10-12-2-1-7-16-9-12/h1-7,9H,8,10H2,(H,17,18). The van der Waals surface area contributed by atoms with Gasteiger partial charge in [-0.25, -0.2) is 0 Å². The van der Waals surface area contributed by atoms with Gasteiger partial charge in [0.05, 0.1) is 6.42 Å². The summed E-state index contributed by atoms with van der Waals surface area (Å²) in [5, 5.41) is 2.87. The largest absolute Gasteiger partial charge is 0.352 e. The Labute approximate surface area is 114 Å². The quantitative estimate of drug-likeness (QED) is 0.943. The lowest BCUT2D eigenvalue weighted by atomic mass is 10.1. The van der Waals surface area contributed by atoms with Crippen molar-refractivity contribution in [2.75, 3.05) is 0 Å². The zero-order valence-electron chi connectivity index (χ0n) is 9.77. The number of pyridine rings is 1. The lowest BCUT2D eigenvalue weighted by Gasteiger charge is -2.05. The van der Waals surface area contributed by atoms with Gasteiger partial charge in [-0.3, -0.25) is 9.78 Å². The third-order valence-corrected chi connectivity index (χ3v) is 3.02. The molecule has 1 amide bonds. The van der Waals surface area contributed by atoms with Crippen LogP contribution in [0.1, 0.15) is 11.1 Å². The molecular formula is C14H13BrN2O. The number of amides is 1. The number of carbonyl (C=O) groups excluding carboxylic acids is 1. The first kappa shape index (κ1) is 12.8. The number of nitrogens with zero attached hydrogens (tertiary/aromatic N) is 1. The highest BCUT2D eigenvalue weighted by Gasteiger charge is 2.03. The number of nitrogens with one attached hydrogen (secondary N) is 1. The molecule has 1 aromatic heterocycles. The minimum absolute atomic E-state index is 0.0150. The Morgan fingerprint density at radius 1 is 1.17 bits per heavy atom. The molecule has 2 rings (SSSR count). The summed E-state index contributed by atoms with van der Waals surface area (Å²) in [6.45, 7) is 0.517. The third-order valence-electron chi connectivity index (χ3n) is 2.49. The van der Waals surface area contributed by atoms with E-state index in [1.54, 1.807) is 12.4 Å². The molecule has 0 atom stereocenters. The summed E-state index contributed by atoms with van der Waals surface area (Å²) in [7, 11) is 0. The zero-order valence-corrected chi connectivity index (χ0v) is 11.4. The number of hydrogen-bond acceptors (Lipinski definition) is 2. The van der Waals surface area contributed by atoms with Gasteiger partial charge in [0.2, 0.25) is 5.91 Å². The number of halogens is 1. The Kier molecular flexibility index (Phi) is 4.47. The van der Waals surface area contributed by atoms with Gasteiger partial charge in [0, 0.05) is 23.4 Å². The molecule has 4 heteroatoms. The number of aromatic nitrogens is 1. The van der Waals surface area contributed by atoms with E-state index in [9.17, 15) is 4.79 Å². The first-order valence-corrected chi connectivity index (χ1v) is 6.43. The van der Waals surface area contributed by atoms with E-state index in [0.29, 0.717) is 13.0 Å². The Morgan fingerprint density at radius 3 is 2.61 bits per heavy atom. The molecule has 0 aliphatic rings. The average molecular weight is 305 g/mol. The molecule has 0 bridgehead atoms. The molecule has 2 aromatic rings. The predicted octanol–water partition coefficient (Wildman–Crippen LogP) is 2.70. The smallest absolute Gasteiger partial charge is 0.224 e. The highest BCUT2D eigenvalue weighted by molar-refractivity contribution is 9.10. The van der Waals surface area contributed by atoms with Crippen LogP contribution < -0.4 is 5.32 Å². The maximum atomic E-state index is 11.7. The molecule has 0 saturated heterocycles. The molecule has 0 unspecified atom stereocenters. The highest BCUT2D eigenvalue weighted by atomic mass is 79.9. The summed E-state index contributed by atoms with van der Waals surface area (Å²) in [6, 6.07) is 11.5. The number of benzene rings is 1. The second-order valence-electron chi connectivity index (χ2n) is 3.94.